The molecular formula is C17H26O2S. The average molecular weight is 294 g/mol. The van der Waals surface area contributed by atoms with Gasteiger partial charge in [0.05, 0.1) is 11.0 Å². The highest BCUT2D eigenvalue weighted by Crippen LogP contribution is 2.36. The van der Waals surface area contributed by atoms with Crippen LogP contribution in [0.5, 0.6) is 0 Å². The minimum atomic E-state index is -1.34. The van der Waals surface area contributed by atoms with E-state index in [1.807, 2.05) is 31.2 Å². The van der Waals surface area contributed by atoms with Crippen molar-refractivity contribution >= 4 is 11.1 Å². The second-order valence-electron chi connectivity index (χ2n) is 6.51. The topological polar surface area (TPSA) is 26.3 Å². The van der Waals surface area contributed by atoms with Crippen LogP contribution in [0.3, 0.4) is 0 Å². The van der Waals surface area contributed by atoms with E-state index >= 15 is 0 Å². The molecule has 0 unspecified atom stereocenters. The third-order valence-electron chi connectivity index (χ3n) is 4.39. The Morgan fingerprint density at radius 3 is 2.45 bits per heavy atom. The van der Waals surface area contributed by atoms with Gasteiger partial charge in [0, 0.05) is 0 Å². The number of hydrogen-bond donors (Lipinski definition) is 0. The normalized spacial score (nSPS) is 28.6. The molecule has 0 N–H and O–H groups in total. The van der Waals surface area contributed by atoms with Crippen LogP contribution in [0.25, 0.3) is 0 Å². The molecule has 0 aromatic heterocycles. The Bertz CT molecular complexity index is 453. The molecule has 1 aromatic rings. The van der Waals surface area contributed by atoms with Crippen LogP contribution in [0, 0.1) is 24.7 Å². The van der Waals surface area contributed by atoms with Gasteiger partial charge in [0.1, 0.15) is 0 Å². The lowest BCUT2D eigenvalue weighted by atomic mass is 9.75. The molecule has 1 saturated carbocycles. The van der Waals surface area contributed by atoms with Crippen molar-refractivity contribution in [2.24, 2.45) is 17.8 Å². The van der Waals surface area contributed by atoms with Crippen LogP contribution in [0.4, 0.5) is 0 Å². The lowest BCUT2D eigenvalue weighted by Crippen LogP contribution is -2.34. The first-order valence-corrected chi connectivity index (χ1v) is 8.70. The van der Waals surface area contributed by atoms with E-state index in [4.69, 9.17) is 4.18 Å². The maximum atomic E-state index is 12.4. The van der Waals surface area contributed by atoms with E-state index in [1.165, 1.54) is 18.4 Å². The third kappa shape index (κ3) is 3.92. The summed E-state index contributed by atoms with van der Waals surface area (Å²) in [6.45, 7) is 8.78. The molecule has 1 fully saturated rings. The molecule has 3 heteroatoms. The first-order chi connectivity index (χ1) is 9.47. The molecule has 0 bridgehead atoms. The van der Waals surface area contributed by atoms with Crippen molar-refractivity contribution in [1.82, 2.24) is 0 Å². The van der Waals surface area contributed by atoms with Crippen LogP contribution in [0.2, 0.25) is 0 Å². The Kier molecular flexibility index (Phi) is 5.39. The second kappa shape index (κ2) is 6.86. The van der Waals surface area contributed by atoms with Crippen molar-refractivity contribution in [2.75, 3.05) is 0 Å². The molecule has 1 aromatic carbocycles. The van der Waals surface area contributed by atoms with Gasteiger partial charge < -0.3 is 0 Å². The van der Waals surface area contributed by atoms with Gasteiger partial charge in [0.15, 0.2) is 11.1 Å². The van der Waals surface area contributed by atoms with Crippen LogP contribution >= 0.6 is 0 Å². The van der Waals surface area contributed by atoms with Gasteiger partial charge in [-0.05, 0) is 49.7 Å². The maximum absolute atomic E-state index is 12.4. The summed E-state index contributed by atoms with van der Waals surface area (Å²) < 4.78 is 18.3. The van der Waals surface area contributed by atoms with Gasteiger partial charge in [-0.2, -0.15) is 0 Å². The molecule has 0 radical (unpaired) electrons. The molecule has 4 atom stereocenters. The van der Waals surface area contributed by atoms with E-state index in [0.717, 1.165) is 11.3 Å². The van der Waals surface area contributed by atoms with Gasteiger partial charge in [-0.15, -0.1) is 0 Å². The summed E-state index contributed by atoms with van der Waals surface area (Å²) in [5.41, 5.74) is 1.18. The number of hydrogen-bond acceptors (Lipinski definition) is 2. The smallest absolute Gasteiger partial charge is 0.189 e. The van der Waals surface area contributed by atoms with Crippen LogP contribution in [-0.4, -0.2) is 10.3 Å². The Balaban J connectivity index is 2.05. The van der Waals surface area contributed by atoms with Crippen LogP contribution in [0.1, 0.15) is 45.6 Å². The molecule has 0 aliphatic heterocycles. The summed E-state index contributed by atoms with van der Waals surface area (Å²) in [6.07, 6.45) is 3.61. The summed E-state index contributed by atoms with van der Waals surface area (Å²) in [6, 6.07) is 7.78. The van der Waals surface area contributed by atoms with Crippen molar-refractivity contribution in [1.29, 1.82) is 0 Å². The summed E-state index contributed by atoms with van der Waals surface area (Å²) in [5, 5.41) is 0. The van der Waals surface area contributed by atoms with Gasteiger partial charge in [0.25, 0.3) is 0 Å². The molecule has 1 aliphatic carbocycles. The van der Waals surface area contributed by atoms with Crippen LogP contribution in [-0.2, 0) is 15.3 Å². The highest BCUT2D eigenvalue weighted by molar-refractivity contribution is 7.80. The average Bonchev–Trinajstić information content (AvgIpc) is 2.39. The van der Waals surface area contributed by atoms with Gasteiger partial charge >= 0.3 is 0 Å². The molecule has 112 valence electrons. The van der Waals surface area contributed by atoms with E-state index in [2.05, 4.69) is 20.8 Å². The highest BCUT2D eigenvalue weighted by Gasteiger charge is 2.33. The second-order valence-corrected chi connectivity index (χ2v) is 7.64. The fourth-order valence-electron chi connectivity index (χ4n) is 3.04. The SMILES string of the molecule is Cc1ccc([S@@](=O)O[C@@H]2C[C@H](C)CC[C@H]2C(C)C)cc1. The van der Waals surface area contributed by atoms with Crippen molar-refractivity contribution < 1.29 is 8.39 Å². The fraction of sp³-hybridized carbons (Fsp3) is 0.647. The molecule has 2 nitrogen and oxygen atoms in total. The quantitative estimate of drug-likeness (QED) is 0.817. The van der Waals surface area contributed by atoms with E-state index in [0.29, 0.717) is 17.8 Å². The maximum Gasteiger partial charge on any atom is 0.189 e. The monoisotopic (exact) mass is 294 g/mol. The zero-order valence-electron chi connectivity index (χ0n) is 13.0. The van der Waals surface area contributed by atoms with E-state index in [1.54, 1.807) is 0 Å². The zero-order valence-corrected chi connectivity index (χ0v) is 13.8. The van der Waals surface area contributed by atoms with E-state index in [-0.39, 0.29) is 6.10 Å². The lowest BCUT2D eigenvalue weighted by Gasteiger charge is -2.36. The Morgan fingerprint density at radius 2 is 1.85 bits per heavy atom. The van der Waals surface area contributed by atoms with Crippen molar-refractivity contribution in [3.05, 3.63) is 29.8 Å². The Morgan fingerprint density at radius 1 is 1.20 bits per heavy atom. The Labute approximate surface area is 125 Å². The van der Waals surface area contributed by atoms with Crippen LogP contribution < -0.4 is 0 Å². The molecular weight excluding hydrogens is 268 g/mol. The fourth-order valence-corrected chi connectivity index (χ4v) is 3.96. The van der Waals surface area contributed by atoms with Crippen molar-refractivity contribution in [3.63, 3.8) is 0 Å². The number of aryl methyl sites for hydroxylation is 1. The molecule has 2 rings (SSSR count). The molecule has 1 aliphatic rings. The summed E-state index contributed by atoms with van der Waals surface area (Å²) in [7, 11) is 0. The predicted octanol–water partition coefficient (Wildman–Crippen LogP) is 4.50. The van der Waals surface area contributed by atoms with Gasteiger partial charge in [0.2, 0.25) is 0 Å². The van der Waals surface area contributed by atoms with E-state index < -0.39 is 11.1 Å². The first kappa shape index (κ1) is 15.7. The van der Waals surface area contributed by atoms with Crippen molar-refractivity contribution in [2.45, 2.75) is 58.0 Å². The Hall–Kier alpha value is -0.670. The minimum absolute atomic E-state index is 0.126. The van der Waals surface area contributed by atoms with Gasteiger partial charge in [-0.3, -0.25) is 4.18 Å². The standard InChI is InChI=1S/C17H26O2S/c1-12(2)16-10-7-14(4)11-17(16)19-20(18)15-8-5-13(3)6-9-15/h5-6,8-9,12,14,16-17H,7,10-11H2,1-4H3/t14-,16+,17-,20+/m1/s1. The van der Waals surface area contributed by atoms with Crippen molar-refractivity contribution in [3.8, 4) is 0 Å². The molecule has 0 amide bonds. The zero-order chi connectivity index (χ0) is 14.7. The van der Waals surface area contributed by atoms with E-state index in [9.17, 15) is 4.21 Å². The minimum Gasteiger partial charge on any atom is -0.283 e. The number of rotatable bonds is 4. The summed E-state index contributed by atoms with van der Waals surface area (Å²) in [4.78, 5) is 0.774. The van der Waals surface area contributed by atoms with Crippen LogP contribution in [0.15, 0.2) is 29.2 Å². The lowest BCUT2D eigenvalue weighted by molar-refractivity contribution is 0.0567. The molecule has 0 heterocycles. The summed E-state index contributed by atoms with van der Waals surface area (Å²) >= 11 is -1.34. The predicted molar refractivity (Wildman–Crippen MR) is 83.8 cm³/mol. The molecule has 0 spiro atoms. The van der Waals surface area contributed by atoms with Gasteiger partial charge in [-0.25, -0.2) is 4.21 Å². The number of benzene rings is 1. The third-order valence-corrected chi connectivity index (χ3v) is 5.46. The first-order valence-electron chi connectivity index (χ1n) is 7.63. The molecule has 0 saturated heterocycles. The summed E-state index contributed by atoms with van der Waals surface area (Å²) in [5.74, 6) is 1.79. The largest absolute Gasteiger partial charge is 0.283 e. The molecule has 20 heavy (non-hydrogen) atoms. The highest BCUT2D eigenvalue weighted by atomic mass is 32.2. The van der Waals surface area contributed by atoms with Gasteiger partial charge in [-0.1, -0.05) is 44.9 Å².